The second-order valence-corrected chi connectivity index (χ2v) is 8.24. The quantitative estimate of drug-likeness (QED) is 0.513. The largest absolute Gasteiger partial charge is 0.493 e. The van der Waals surface area contributed by atoms with E-state index in [2.05, 4.69) is 36.6 Å². The third-order valence-corrected chi connectivity index (χ3v) is 5.79. The Balaban J connectivity index is 1.80. The van der Waals surface area contributed by atoms with Gasteiger partial charge in [0.2, 0.25) is 5.95 Å². The lowest BCUT2D eigenvalue weighted by Crippen LogP contribution is -2.31. The number of nitrogens with one attached hydrogen (secondary N) is 2. The highest BCUT2D eigenvalue weighted by atomic mass is 79.9. The van der Waals surface area contributed by atoms with Crippen molar-refractivity contribution in [2.45, 2.75) is 26.8 Å². The van der Waals surface area contributed by atoms with Crippen LogP contribution in [0.1, 0.15) is 31.0 Å². The Morgan fingerprint density at radius 2 is 2.00 bits per heavy atom. The van der Waals surface area contributed by atoms with Gasteiger partial charge in [-0.2, -0.15) is 10.1 Å². The van der Waals surface area contributed by atoms with Crippen LogP contribution in [0, 0.1) is 6.92 Å². The van der Waals surface area contributed by atoms with Gasteiger partial charge in [0.15, 0.2) is 11.5 Å². The molecule has 4 rings (SSSR count). The summed E-state index contributed by atoms with van der Waals surface area (Å²) in [4.78, 5) is 17.7. The van der Waals surface area contributed by atoms with Crippen molar-refractivity contribution in [1.29, 1.82) is 0 Å². The maximum absolute atomic E-state index is 13.4. The molecule has 0 fully saturated rings. The Labute approximate surface area is 194 Å². The van der Waals surface area contributed by atoms with Gasteiger partial charge in [0.05, 0.1) is 23.8 Å². The van der Waals surface area contributed by atoms with Gasteiger partial charge in [-0.25, -0.2) is 4.68 Å². The average Bonchev–Trinajstić information content (AvgIpc) is 3.23. The topological polar surface area (TPSA) is 90.3 Å². The highest BCUT2D eigenvalue weighted by Gasteiger charge is 2.34. The van der Waals surface area contributed by atoms with Crippen LogP contribution in [0.4, 0.5) is 11.6 Å². The Kier molecular flexibility index (Phi) is 6.18. The molecule has 2 N–H and O–H groups in total. The SMILES string of the molecule is CCOc1c(Br)cc(C2C(C(=O)Nc3ccc(C)cc3)=C(C)Nc3ncnn32)cc1OC. The summed E-state index contributed by atoms with van der Waals surface area (Å²) >= 11 is 3.59. The van der Waals surface area contributed by atoms with Crippen molar-refractivity contribution in [1.82, 2.24) is 14.8 Å². The van der Waals surface area contributed by atoms with Gasteiger partial charge in [-0.05, 0) is 66.5 Å². The van der Waals surface area contributed by atoms with Crippen LogP contribution in [0.5, 0.6) is 11.5 Å². The minimum Gasteiger partial charge on any atom is -0.493 e. The molecule has 1 unspecified atom stereocenters. The van der Waals surface area contributed by atoms with Crippen LogP contribution in [0.15, 0.2) is 58.5 Å². The van der Waals surface area contributed by atoms with E-state index < -0.39 is 6.04 Å². The second-order valence-electron chi connectivity index (χ2n) is 7.38. The lowest BCUT2D eigenvalue weighted by atomic mass is 9.94. The fourth-order valence-electron chi connectivity index (χ4n) is 3.71. The van der Waals surface area contributed by atoms with Crippen LogP contribution in [-0.2, 0) is 4.79 Å². The van der Waals surface area contributed by atoms with E-state index in [-0.39, 0.29) is 5.91 Å². The first-order valence-corrected chi connectivity index (χ1v) is 11.0. The van der Waals surface area contributed by atoms with Crippen LogP contribution in [0.25, 0.3) is 0 Å². The normalized spacial score (nSPS) is 15.1. The van der Waals surface area contributed by atoms with Gasteiger partial charge in [0.1, 0.15) is 12.4 Å². The number of hydrogen-bond acceptors (Lipinski definition) is 6. The van der Waals surface area contributed by atoms with E-state index >= 15 is 0 Å². The lowest BCUT2D eigenvalue weighted by molar-refractivity contribution is -0.113. The van der Waals surface area contributed by atoms with E-state index in [9.17, 15) is 4.79 Å². The van der Waals surface area contributed by atoms with E-state index in [0.717, 1.165) is 21.3 Å². The van der Waals surface area contributed by atoms with Crippen LogP contribution < -0.4 is 20.1 Å². The minimum atomic E-state index is -0.514. The summed E-state index contributed by atoms with van der Waals surface area (Å²) in [6, 6.07) is 10.9. The molecule has 0 saturated heterocycles. The maximum atomic E-state index is 13.4. The zero-order valence-electron chi connectivity index (χ0n) is 18.3. The predicted molar refractivity (Wildman–Crippen MR) is 126 cm³/mol. The Hall–Kier alpha value is -3.33. The highest BCUT2D eigenvalue weighted by molar-refractivity contribution is 9.10. The summed E-state index contributed by atoms with van der Waals surface area (Å²) in [5.41, 5.74) is 3.87. The third-order valence-electron chi connectivity index (χ3n) is 5.20. The van der Waals surface area contributed by atoms with Gasteiger partial charge in [-0.1, -0.05) is 17.7 Å². The maximum Gasteiger partial charge on any atom is 0.255 e. The van der Waals surface area contributed by atoms with E-state index in [1.165, 1.54) is 6.33 Å². The predicted octanol–water partition coefficient (Wildman–Crippen LogP) is 4.68. The summed E-state index contributed by atoms with van der Waals surface area (Å²) in [5.74, 6) is 1.50. The Morgan fingerprint density at radius 3 is 2.69 bits per heavy atom. The van der Waals surface area contributed by atoms with Crippen LogP contribution in [0.3, 0.4) is 0 Å². The summed E-state index contributed by atoms with van der Waals surface area (Å²) in [5, 5.41) is 10.6. The number of fused-ring (bicyclic) bond motifs is 1. The van der Waals surface area contributed by atoms with Gasteiger partial charge in [0, 0.05) is 11.4 Å². The van der Waals surface area contributed by atoms with Crippen LogP contribution >= 0.6 is 15.9 Å². The number of carbonyl (C=O) groups is 1. The van der Waals surface area contributed by atoms with E-state index in [0.29, 0.717) is 35.3 Å². The number of methoxy groups -OCH3 is 1. The molecule has 9 heteroatoms. The molecule has 0 spiro atoms. The van der Waals surface area contributed by atoms with Gasteiger partial charge in [-0.3, -0.25) is 4.79 Å². The minimum absolute atomic E-state index is 0.228. The molecule has 1 atom stereocenters. The van der Waals surface area contributed by atoms with Crippen molar-refractivity contribution >= 4 is 33.5 Å². The van der Waals surface area contributed by atoms with Crippen molar-refractivity contribution in [3.8, 4) is 11.5 Å². The van der Waals surface area contributed by atoms with Crippen molar-refractivity contribution in [2.24, 2.45) is 0 Å². The molecular formula is C23H24BrN5O3. The van der Waals surface area contributed by atoms with E-state index in [1.54, 1.807) is 11.8 Å². The second kappa shape index (κ2) is 9.04. The number of anilines is 2. The molecule has 1 aliphatic rings. The zero-order valence-corrected chi connectivity index (χ0v) is 19.9. The lowest BCUT2D eigenvalue weighted by Gasteiger charge is -2.29. The molecule has 0 saturated carbocycles. The number of halogens is 1. The molecule has 0 aliphatic carbocycles. The molecule has 32 heavy (non-hydrogen) atoms. The third kappa shape index (κ3) is 4.08. The number of aromatic nitrogens is 3. The summed E-state index contributed by atoms with van der Waals surface area (Å²) in [7, 11) is 1.59. The number of amides is 1. The van der Waals surface area contributed by atoms with E-state index in [4.69, 9.17) is 9.47 Å². The summed E-state index contributed by atoms with van der Waals surface area (Å²) in [6.07, 6.45) is 1.46. The Morgan fingerprint density at radius 1 is 1.25 bits per heavy atom. The molecule has 1 aliphatic heterocycles. The number of allylic oxidation sites excluding steroid dienone is 1. The molecule has 166 valence electrons. The summed E-state index contributed by atoms with van der Waals surface area (Å²) < 4.78 is 13.7. The smallest absolute Gasteiger partial charge is 0.255 e. The van der Waals surface area contributed by atoms with Gasteiger partial charge in [0.25, 0.3) is 5.91 Å². The molecule has 8 nitrogen and oxygen atoms in total. The van der Waals surface area contributed by atoms with Crippen molar-refractivity contribution < 1.29 is 14.3 Å². The number of hydrogen-bond donors (Lipinski definition) is 2. The molecule has 2 aromatic carbocycles. The monoisotopic (exact) mass is 497 g/mol. The fraction of sp³-hybridized carbons (Fsp3) is 0.261. The standard InChI is InChI=1S/C23H24BrN5O3/c1-5-32-21-17(24)10-15(11-18(21)31-4)20-19(14(3)27-23-25-12-26-29(20)23)22(30)28-16-8-6-13(2)7-9-16/h6-12,20H,5H2,1-4H3,(H,28,30)(H,25,26,27). The summed E-state index contributed by atoms with van der Waals surface area (Å²) in [6.45, 7) is 6.27. The number of nitrogens with zero attached hydrogens (tertiary/aromatic N) is 3. The van der Waals surface area contributed by atoms with Crippen molar-refractivity contribution in [2.75, 3.05) is 24.4 Å². The fourth-order valence-corrected chi connectivity index (χ4v) is 4.28. The first kappa shape index (κ1) is 21.9. The number of aryl methyl sites for hydroxylation is 1. The number of benzene rings is 2. The molecular weight excluding hydrogens is 474 g/mol. The Bertz CT molecular complexity index is 1190. The molecule has 2 heterocycles. The number of ether oxygens (including phenoxy) is 2. The average molecular weight is 498 g/mol. The molecule has 3 aromatic rings. The molecule has 1 aromatic heterocycles. The van der Waals surface area contributed by atoms with Crippen molar-refractivity contribution in [3.63, 3.8) is 0 Å². The van der Waals surface area contributed by atoms with Crippen LogP contribution in [0.2, 0.25) is 0 Å². The first-order chi connectivity index (χ1) is 15.4. The first-order valence-electron chi connectivity index (χ1n) is 10.2. The molecule has 0 bridgehead atoms. The van der Waals surface area contributed by atoms with Crippen LogP contribution in [-0.4, -0.2) is 34.4 Å². The van der Waals surface area contributed by atoms with Gasteiger partial charge in [-0.15, -0.1) is 0 Å². The molecule has 0 radical (unpaired) electrons. The zero-order chi connectivity index (χ0) is 22.8. The molecule has 1 amide bonds. The van der Waals surface area contributed by atoms with Gasteiger partial charge < -0.3 is 20.1 Å². The van der Waals surface area contributed by atoms with E-state index in [1.807, 2.05) is 57.2 Å². The number of rotatable bonds is 6. The highest BCUT2D eigenvalue weighted by Crippen LogP contribution is 2.42. The van der Waals surface area contributed by atoms with Crippen molar-refractivity contribution in [3.05, 3.63) is 69.6 Å². The van der Waals surface area contributed by atoms with Gasteiger partial charge >= 0.3 is 0 Å². The number of carbonyl (C=O) groups excluding carboxylic acids is 1.